The molecule has 32 heavy (non-hydrogen) atoms. The van der Waals surface area contributed by atoms with Gasteiger partial charge >= 0.3 is 5.97 Å². The first-order valence-electron chi connectivity index (χ1n) is 12.0. The Balaban J connectivity index is 1.80. The highest BCUT2D eigenvalue weighted by Gasteiger charge is 2.56. The van der Waals surface area contributed by atoms with E-state index in [9.17, 15) is 4.79 Å². The Bertz CT molecular complexity index is 955. The summed E-state index contributed by atoms with van der Waals surface area (Å²) in [7, 11) is 3.46. The smallest absolute Gasteiger partial charge is 0.319 e. The predicted molar refractivity (Wildman–Crippen MR) is 126 cm³/mol. The number of hydrogen-bond donors (Lipinski definition) is 1. The van der Waals surface area contributed by atoms with Gasteiger partial charge < -0.3 is 19.2 Å². The Morgan fingerprint density at radius 1 is 1.34 bits per heavy atom. The van der Waals surface area contributed by atoms with Gasteiger partial charge in [-0.15, -0.1) is 0 Å². The number of piperidine rings is 1. The molecule has 0 aliphatic carbocycles. The standard InChI is InChI=1S/C26H38N2O4/c1-6-32-25(29)26-15-19(13-17(2)10-12-30-4)16-28(18(26)3)11-9-21-22-14-20(31-5)7-8-23(22)27-24(21)26/h7-8,14,17-19,27H,6,9-13,15-16H2,1-5H3/t17?,18?,19-,26?/m0/s1. The van der Waals surface area contributed by atoms with Gasteiger partial charge in [-0.3, -0.25) is 9.69 Å². The fourth-order valence-corrected chi connectivity index (χ4v) is 6.12. The van der Waals surface area contributed by atoms with E-state index in [1.165, 1.54) is 5.56 Å². The minimum atomic E-state index is -0.683. The lowest BCUT2D eigenvalue weighted by atomic mass is 9.66. The average molecular weight is 443 g/mol. The number of esters is 1. The van der Waals surface area contributed by atoms with Crippen molar-refractivity contribution < 1.29 is 19.0 Å². The minimum absolute atomic E-state index is 0.0864. The Labute approximate surface area is 191 Å². The van der Waals surface area contributed by atoms with Gasteiger partial charge in [0.15, 0.2) is 0 Å². The van der Waals surface area contributed by atoms with E-state index in [-0.39, 0.29) is 12.0 Å². The number of rotatable bonds is 8. The Hall–Kier alpha value is -2.05. The van der Waals surface area contributed by atoms with Crippen LogP contribution in [0.4, 0.5) is 0 Å². The van der Waals surface area contributed by atoms with Crippen LogP contribution in [0.3, 0.4) is 0 Å². The zero-order valence-electron chi connectivity index (χ0n) is 20.2. The number of fused-ring (bicyclic) bond motifs is 6. The van der Waals surface area contributed by atoms with Crippen LogP contribution in [-0.4, -0.2) is 62.4 Å². The first kappa shape index (κ1) is 23.1. The molecule has 6 heteroatoms. The van der Waals surface area contributed by atoms with Gasteiger partial charge in [-0.1, -0.05) is 6.92 Å². The Kier molecular flexibility index (Phi) is 6.82. The number of aromatic amines is 1. The largest absolute Gasteiger partial charge is 0.497 e. The number of ether oxygens (including phenoxy) is 3. The van der Waals surface area contributed by atoms with Crippen LogP contribution in [0.15, 0.2) is 18.2 Å². The molecule has 2 aliphatic heterocycles. The van der Waals surface area contributed by atoms with Crippen molar-refractivity contribution in [2.45, 2.75) is 57.9 Å². The van der Waals surface area contributed by atoms with Gasteiger partial charge in [0.1, 0.15) is 11.2 Å². The highest BCUT2D eigenvalue weighted by molar-refractivity contribution is 5.92. The van der Waals surface area contributed by atoms with Gasteiger partial charge in [0, 0.05) is 49.4 Å². The van der Waals surface area contributed by atoms with E-state index in [1.807, 2.05) is 13.0 Å². The molecule has 0 radical (unpaired) electrons. The summed E-state index contributed by atoms with van der Waals surface area (Å²) >= 11 is 0. The molecule has 1 aromatic carbocycles. The molecule has 3 heterocycles. The summed E-state index contributed by atoms with van der Waals surface area (Å²) in [6.45, 7) is 9.57. The Morgan fingerprint density at radius 3 is 2.88 bits per heavy atom. The third kappa shape index (κ3) is 3.92. The summed E-state index contributed by atoms with van der Waals surface area (Å²) < 4.78 is 16.6. The van der Waals surface area contributed by atoms with Crippen LogP contribution < -0.4 is 4.74 Å². The number of hydrogen-bond acceptors (Lipinski definition) is 5. The Morgan fingerprint density at radius 2 is 2.16 bits per heavy atom. The maximum Gasteiger partial charge on any atom is 0.319 e. The van der Waals surface area contributed by atoms with E-state index in [4.69, 9.17) is 14.2 Å². The van der Waals surface area contributed by atoms with E-state index >= 15 is 0 Å². The van der Waals surface area contributed by atoms with Crippen molar-refractivity contribution in [3.05, 3.63) is 29.5 Å². The summed E-state index contributed by atoms with van der Waals surface area (Å²) in [5, 5.41) is 1.16. The number of carbonyl (C=O) groups excluding carboxylic acids is 1. The monoisotopic (exact) mass is 442 g/mol. The molecule has 1 saturated heterocycles. The molecule has 2 aromatic rings. The second-order valence-corrected chi connectivity index (χ2v) is 9.70. The number of H-pyrrole nitrogens is 1. The fourth-order valence-electron chi connectivity index (χ4n) is 6.12. The molecular weight excluding hydrogens is 404 g/mol. The predicted octanol–water partition coefficient (Wildman–Crippen LogP) is 4.31. The van der Waals surface area contributed by atoms with Crippen molar-refractivity contribution in [2.75, 3.05) is 40.5 Å². The van der Waals surface area contributed by atoms with Gasteiger partial charge in [-0.25, -0.2) is 0 Å². The molecule has 1 N–H and O–H groups in total. The van der Waals surface area contributed by atoms with Gasteiger partial charge in [0.25, 0.3) is 0 Å². The van der Waals surface area contributed by atoms with Crippen molar-refractivity contribution in [2.24, 2.45) is 11.8 Å². The topological polar surface area (TPSA) is 63.8 Å². The van der Waals surface area contributed by atoms with E-state index in [2.05, 4.69) is 35.9 Å². The molecule has 2 aliphatic rings. The highest BCUT2D eigenvalue weighted by Crippen LogP contribution is 2.48. The van der Waals surface area contributed by atoms with E-state index < -0.39 is 5.41 Å². The van der Waals surface area contributed by atoms with E-state index in [0.29, 0.717) is 18.4 Å². The second kappa shape index (κ2) is 9.44. The van der Waals surface area contributed by atoms with Gasteiger partial charge in [0.2, 0.25) is 0 Å². The van der Waals surface area contributed by atoms with Crippen LogP contribution in [0.25, 0.3) is 10.9 Å². The van der Waals surface area contributed by atoms with Crippen LogP contribution >= 0.6 is 0 Å². The fraction of sp³-hybridized carbons (Fsp3) is 0.654. The van der Waals surface area contributed by atoms with Crippen LogP contribution in [0.5, 0.6) is 5.75 Å². The first-order valence-corrected chi connectivity index (χ1v) is 12.0. The van der Waals surface area contributed by atoms with E-state index in [0.717, 1.165) is 67.7 Å². The van der Waals surface area contributed by atoms with Gasteiger partial charge in [-0.05, 0) is 75.1 Å². The van der Waals surface area contributed by atoms with Crippen LogP contribution in [0.1, 0.15) is 51.3 Å². The maximum atomic E-state index is 13.7. The summed E-state index contributed by atoms with van der Waals surface area (Å²) in [5.41, 5.74) is 2.69. The third-order valence-corrected chi connectivity index (χ3v) is 7.76. The van der Waals surface area contributed by atoms with Gasteiger partial charge in [-0.2, -0.15) is 0 Å². The molecule has 176 valence electrons. The molecule has 0 amide bonds. The number of methoxy groups -OCH3 is 2. The van der Waals surface area contributed by atoms with E-state index in [1.54, 1.807) is 14.2 Å². The summed E-state index contributed by atoms with van der Waals surface area (Å²) in [6.07, 6.45) is 3.88. The molecule has 1 aromatic heterocycles. The lowest BCUT2D eigenvalue weighted by Crippen LogP contribution is -2.60. The lowest BCUT2D eigenvalue weighted by molar-refractivity contribution is -0.157. The summed E-state index contributed by atoms with van der Waals surface area (Å²) in [4.78, 5) is 19.9. The van der Waals surface area contributed by atoms with Crippen LogP contribution in [0, 0.1) is 11.8 Å². The van der Waals surface area contributed by atoms with Crippen LogP contribution in [-0.2, 0) is 26.1 Å². The zero-order valence-corrected chi connectivity index (χ0v) is 20.2. The number of nitrogens with one attached hydrogen (secondary N) is 1. The number of carbonyl (C=O) groups is 1. The summed E-state index contributed by atoms with van der Waals surface area (Å²) in [5.74, 6) is 1.75. The molecule has 4 rings (SSSR count). The minimum Gasteiger partial charge on any atom is -0.497 e. The lowest BCUT2D eigenvalue weighted by Gasteiger charge is -2.48. The van der Waals surface area contributed by atoms with Crippen molar-refractivity contribution >= 4 is 16.9 Å². The molecule has 0 spiro atoms. The number of aromatic nitrogens is 1. The third-order valence-electron chi connectivity index (χ3n) is 7.76. The normalized spacial score (nSPS) is 28.1. The summed E-state index contributed by atoms with van der Waals surface area (Å²) in [6, 6.07) is 6.23. The molecule has 0 saturated carbocycles. The van der Waals surface area contributed by atoms with Crippen molar-refractivity contribution in [3.8, 4) is 5.75 Å². The van der Waals surface area contributed by atoms with Gasteiger partial charge in [0.05, 0.1) is 13.7 Å². The zero-order chi connectivity index (χ0) is 22.9. The second-order valence-electron chi connectivity index (χ2n) is 9.70. The van der Waals surface area contributed by atoms with Crippen molar-refractivity contribution in [1.29, 1.82) is 0 Å². The van der Waals surface area contributed by atoms with Crippen molar-refractivity contribution in [1.82, 2.24) is 9.88 Å². The SMILES string of the molecule is CCOC(=O)C12C[C@H](CC(C)CCOC)CN(CCc3c1[nH]c1ccc(OC)cc31)C2C. The quantitative estimate of drug-likeness (QED) is 0.618. The van der Waals surface area contributed by atoms with Crippen molar-refractivity contribution in [3.63, 3.8) is 0 Å². The maximum absolute atomic E-state index is 13.7. The number of benzene rings is 1. The molecule has 6 nitrogen and oxygen atoms in total. The molecule has 5 atom stereocenters. The average Bonchev–Trinajstić information content (AvgIpc) is 3.13. The van der Waals surface area contributed by atoms with Crippen LogP contribution in [0.2, 0.25) is 0 Å². The highest BCUT2D eigenvalue weighted by atomic mass is 16.5. The molecular formula is C26H38N2O4. The molecule has 2 bridgehead atoms. The number of nitrogens with zero attached hydrogens (tertiary/aromatic N) is 1. The molecule has 4 unspecified atom stereocenters. The molecule has 1 fully saturated rings. The first-order chi connectivity index (χ1) is 15.4.